The molecule has 4 fully saturated rings. The maximum atomic E-state index is 13.9. The minimum absolute atomic E-state index is 0.0116. The monoisotopic (exact) mass is 778 g/mol. The van der Waals surface area contributed by atoms with Crippen molar-refractivity contribution in [2.24, 2.45) is 23.2 Å². The molecule has 56 heavy (non-hydrogen) atoms. The first-order valence-corrected chi connectivity index (χ1v) is 18.8. The zero-order valence-corrected chi connectivity index (χ0v) is 32.3. The fourth-order valence-corrected chi connectivity index (χ4v) is 9.50. The van der Waals surface area contributed by atoms with Crippen LogP contribution in [0.4, 0.5) is 0 Å². The molecule has 0 bridgehead atoms. The quantitative estimate of drug-likeness (QED) is 0.239. The van der Waals surface area contributed by atoms with E-state index in [-0.39, 0.29) is 39.0 Å². The summed E-state index contributed by atoms with van der Waals surface area (Å²) in [5.74, 6) is 1.08. The van der Waals surface area contributed by atoms with Gasteiger partial charge in [0.1, 0.15) is 30.3 Å². The molecule has 5 aliphatic rings. The predicted molar refractivity (Wildman–Crippen MR) is 195 cm³/mol. The molecule has 3 aliphatic heterocycles. The first-order chi connectivity index (χ1) is 27.0. The van der Waals surface area contributed by atoms with Crippen LogP contribution >= 0.6 is 0 Å². The topological polar surface area (TPSA) is 167 Å². The lowest BCUT2D eigenvalue weighted by molar-refractivity contribution is -0.248. The van der Waals surface area contributed by atoms with Gasteiger partial charge in [0, 0.05) is 43.6 Å². The van der Waals surface area contributed by atoms with Crippen molar-refractivity contribution in [3.63, 3.8) is 0 Å². The van der Waals surface area contributed by atoms with Crippen molar-refractivity contribution in [1.82, 2.24) is 0 Å². The van der Waals surface area contributed by atoms with Gasteiger partial charge in [0.2, 0.25) is 0 Å². The van der Waals surface area contributed by atoms with Crippen LogP contribution in [0, 0.1) is 35.0 Å². The molecule has 7 rings (SSSR count). The Balaban J connectivity index is 1.17. The Bertz CT molecular complexity index is 1820. The van der Waals surface area contributed by atoms with Gasteiger partial charge in [0.25, 0.3) is 5.79 Å². The minimum Gasteiger partial charge on any atom is -0.497 e. The second kappa shape index (κ2) is 16.4. The van der Waals surface area contributed by atoms with Gasteiger partial charge in [0.15, 0.2) is 11.9 Å². The van der Waals surface area contributed by atoms with Crippen LogP contribution in [0.3, 0.4) is 0 Å². The number of carbonyl (C=O) groups excluding carboxylic acids is 2. The van der Waals surface area contributed by atoms with Gasteiger partial charge in [-0.3, -0.25) is 0 Å². The largest absolute Gasteiger partial charge is 0.497 e. The van der Waals surface area contributed by atoms with Crippen LogP contribution < -0.4 is 4.74 Å². The van der Waals surface area contributed by atoms with Crippen molar-refractivity contribution in [3.8, 4) is 17.6 Å². The highest BCUT2D eigenvalue weighted by molar-refractivity contribution is 5.81. The van der Waals surface area contributed by atoms with Crippen molar-refractivity contribution < 1.29 is 67.2 Å². The number of rotatable bonds is 12. The third kappa shape index (κ3) is 6.98. The Kier molecular flexibility index (Phi) is 11.8. The number of hydrogen-bond acceptors (Lipinski definition) is 14. The number of hydrogen-bond donors (Lipinski definition) is 2. The Morgan fingerprint density at radius 1 is 0.946 bits per heavy atom. The summed E-state index contributed by atoms with van der Waals surface area (Å²) in [6.07, 6.45) is -2.68. The first-order valence-electron chi connectivity index (χ1n) is 18.8. The van der Waals surface area contributed by atoms with Crippen LogP contribution in [0.2, 0.25) is 0 Å². The van der Waals surface area contributed by atoms with E-state index >= 15 is 0 Å². The molecule has 14 heteroatoms. The van der Waals surface area contributed by atoms with E-state index in [1.54, 1.807) is 21.1 Å². The van der Waals surface area contributed by atoms with Crippen LogP contribution in [-0.2, 0) is 65.4 Å². The molecular formula is C42H50O14. The maximum Gasteiger partial charge on any atom is 0.367 e. The highest BCUT2D eigenvalue weighted by Crippen LogP contribution is 2.68. The third-order valence-corrected chi connectivity index (χ3v) is 12.1. The lowest BCUT2D eigenvalue weighted by atomic mass is 9.47. The molecule has 0 amide bonds. The molecule has 302 valence electrons. The molecule has 1 unspecified atom stereocenters. The zero-order valence-electron chi connectivity index (χ0n) is 32.3. The highest BCUT2D eigenvalue weighted by atomic mass is 16.7. The average Bonchev–Trinajstić information content (AvgIpc) is 3.84. The Hall–Kier alpha value is -4.04. The molecule has 3 saturated heterocycles. The lowest BCUT2D eigenvalue weighted by Crippen LogP contribution is -2.69. The van der Waals surface area contributed by atoms with Gasteiger partial charge in [-0.15, -0.1) is 0 Å². The molecule has 0 aromatic heterocycles. The molecule has 2 aliphatic carbocycles. The molecule has 3 heterocycles. The van der Waals surface area contributed by atoms with E-state index in [0.29, 0.717) is 30.8 Å². The number of ether oxygens (including phenoxy) is 10. The second-order valence-corrected chi connectivity index (χ2v) is 15.0. The van der Waals surface area contributed by atoms with Gasteiger partial charge in [0.05, 0.1) is 65.9 Å². The molecule has 11 atom stereocenters. The smallest absolute Gasteiger partial charge is 0.367 e. The molecule has 14 nitrogen and oxygen atoms in total. The summed E-state index contributed by atoms with van der Waals surface area (Å²) in [6.45, 7) is 1.89. The highest BCUT2D eigenvalue weighted by Gasteiger charge is 2.79. The molecule has 2 N–H and O–H groups in total. The summed E-state index contributed by atoms with van der Waals surface area (Å²) in [4.78, 5) is 27.1. The van der Waals surface area contributed by atoms with Crippen molar-refractivity contribution in [3.05, 3.63) is 77.1 Å². The second-order valence-electron chi connectivity index (χ2n) is 15.0. The van der Waals surface area contributed by atoms with E-state index in [1.807, 2.05) is 54.6 Å². The van der Waals surface area contributed by atoms with E-state index in [1.165, 1.54) is 14.2 Å². The van der Waals surface area contributed by atoms with Gasteiger partial charge in [-0.05, 0) is 35.8 Å². The number of benzene rings is 2. The summed E-state index contributed by atoms with van der Waals surface area (Å²) >= 11 is 0. The minimum atomic E-state index is -2.08. The fraction of sp³-hybridized carbons (Fsp3) is 0.571. The van der Waals surface area contributed by atoms with Gasteiger partial charge < -0.3 is 57.6 Å². The Morgan fingerprint density at radius 2 is 1.68 bits per heavy atom. The van der Waals surface area contributed by atoms with Crippen molar-refractivity contribution in [2.75, 3.05) is 48.3 Å². The zero-order chi connectivity index (χ0) is 39.7. The molecule has 2 aromatic carbocycles. The van der Waals surface area contributed by atoms with Crippen molar-refractivity contribution in [1.29, 1.82) is 0 Å². The summed E-state index contributed by atoms with van der Waals surface area (Å²) in [7, 11) is 5.63. The van der Waals surface area contributed by atoms with E-state index in [4.69, 9.17) is 47.4 Å². The van der Waals surface area contributed by atoms with Gasteiger partial charge in [-0.25, -0.2) is 9.59 Å². The fourth-order valence-electron chi connectivity index (χ4n) is 9.50. The lowest BCUT2D eigenvalue weighted by Gasteiger charge is -2.57. The summed E-state index contributed by atoms with van der Waals surface area (Å²) in [5.41, 5.74) is -1.01. The van der Waals surface area contributed by atoms with Crippen LogP contribution in [0.1, 0.15) is 37.3 Å². The number of aliphatic hydroxyl groups excluding tert-OH is 1. The van der Waals surface area contributed by atoms with Crippen LogP contribution in [-0.4, -0.2) is 113 Å². The van der Waals surface area contributed by atoms with Crippen LogP contribution in [0.25, 0.3) is 0 Å². The van der Waals surface area contributed by atoms with E-state index < -0.39 is 71.1 Å². The maximum absolute atomic E-state index is 13.9. The SMILES string of the molecule is COC(=O)[C@@]1(OCc2ccccc2)OC[C@]23[C@@H]4C(CO[C@H]4C(OCC#C[C@@H]4C[C@@H](OCc5ccc(OC)cc5)C[C@@H](OC)O4)=C(C)[C@H]12)[C@@](O)(C(=O)OC)C[C@@H]3O. The predicted octanol–water partition coefficient (Wildman–Crippen LogP) is 3.06. The third-order valence-electron chi connectivity index (χ3n) is 12.1. The van der Waals surface area contributed by atoms with E-state index in [0.717, 1.165) is 16.9 Å². The molecule has 0 radical (unpaired) electrons. The summed E-state index contributed by atoms with van der Waals surface area (Å²) in [5, 5.41) is 24.0. The van der Waals surface area contributed by atoms with Gasteiger partial charge >= 0.3 is 11.9 Å². The Morgan fingerprint density at radius 3 is 2.38 bits per heavy atom. The first kappa shape index (κ1) is 40.2. The summed E-state index contributed by atoms with van der Waals surface area (Å²) < 4.78 is 59.1. The number of aliphatic hydroxyl groups is 2. The van der Waals surface area contributed by atoms with Gasteiger partial charge in [-0.2, -0.15) is 0 Å². The van der Waals surface area contributed by atoms with Crippen LogP contribution in [0.5, 0.6) is 5.75 Å². The molecular weight excluding hydrogens is 728 g/mol. The number of carbonyl (C=O) groups is 2. The number of esters is 2. The van der Waals surface area contributed by atoms with Crippen LogP contribution in [0.15, 0.2) is 65.9 Å². The van der Waals surface area contributed by atoms with Crippen molar-refractivity contribution in [2.45, 2.75) is 81.5 Å². The average molecular weight is 779 g/mol. The standard InChI is InChI=1S/C42H50O14/c1-25-35(51-17-9-12-29-18-30(19-33(48-3)56-29)52-21-27-13-15-28(47-2)16-14-27)36-34-31(23-53-36)41(46,38(44)49-4)20-32(43)40(34)24-55-42(37(25)40,39(45)50-5)54-22-26-10-7-6-8-11-26/h6-8,10-11,13-16,29-34,36-37,43,46H,17-24H2,1-5H3/t29-,30-,31?,32+,33+,34-,36-,37+,40+,41-,42+/m1/s1. The Labute approximate surface area is 326 Å². The van der Waals surface area contributed by atoms with Crippen molar-refractivity contribution >= 4 is 11.9 Å². The molecule has 1 spiro atoms. The number of methoxy groups -OCH3 is 4. The normalized spacial score (nSPS) is 35.8. The molecule has 1 saturated carbocycles. The summed E-state index contributed by atoms with van der Waals surface area (Å²) in [6, 6.07) is 17.0. The van der Waals surface area contributed by atoms with E-state index in [9.17, 15) is 19.8 Å². The van der Waals surface area contributed by atoms with E-state index in [2.05, 4.69) is 11.8 Å². The molecule has 2 aromatic rings. The van der Waals surface area contributed by atoms with Gasteiger partial charge in [-0.1, -0.05) is 54.3 Å².